The molecule has 1 aliphatic rings. The smallest absolute Gasteiger partial charge is 0.433 e. The summed E-state index contributed by atoms with van der Waals surface area (Å²) in [5.41, 5.74) is 3.93. The van der Waals surface area contributed by atoms with Crippen LogP contribution < -0.4 is 5.48 Å². The molecule has 2 rings (SSSR count). The maximum atomic E-state index is 12.3. The predicted molar refractivity (Wildman–Crippen MR) is 85.3 cm³/mol. The molecule has 1 aliphatic carbocycles. The first-order valence-corrected chi connectivity index (χ1v) is 8.85. The zero-order valence-corrected chi connectivity index (χ0v) is 14.3. The van der Waals surface area contributed by atoms with Crippen LogP contribution in [0.2, 0.25) is 0 Å². The molecule has 0 heterocycles. The minimum Gasteiger partial charge on any atom is -0.440 e. The lowest BCUT2D eigenvalue weighted by atomic mass is 10.1. The molecule has 0 saturated carbocycles. The number of allylic oxidation sites excluding steroid dienone is 1. The Balaban J connectivity index is 2.03. The van der Waals surface area contributed by atoms with E-state index in [9.17, 15) is 13.2 Å². The van der Waals surface area contributed by atoms with Crippen molar-refractivity contribution >= 4 is 16.2 Å². The molecule has 0 spiro atoms. The highest BCUT2D eigenvalue weighted by Gasteiger charge is 2.23. The van der Waals surface area contributed by atoms with Crippen molar-refractivity contribution in [1.82, 2.24) is 5.48 Å². The molecule has 6 nitrogen and oxygen atoms in total. The van der Waals surface area contributed by atoms with E-state index in [1.165, 1.54) is 0 Å². The largest absolute Gasteiger partial charge is 0.440 e. The minimum atomic E-state index is -4.10. The monoisotopic (exact) mass is 339 g/mol. The van der Waals surface area contributed by atoms with Gasteiger partial charge >= 0.3 is 16.2 Å². The van der Waals surface area contributed by atoms with Gasteiger partial charge in [0.15, 0.2) is 0 Å². The van der Waals surface area contributed by atoms with Crippen LogP contribution in [0.1, 0.15) is 36.0 Å². The normalized spacial score (nSPS) is 17.8. The summed E-state index contributed by atoms with van der Waals surface area (Å²) in [5, 5.41) is 0. The Morgan fingerprint density at radius 2 is 1.87 bits per heavy atom. The molecule has 0 aliphatic heterocycles. The van der Waals surface area contributed by atoms with Gasteiger partial charge < -0.3 is 4.74 Å². The Morgan fingerprint density at radius 3 is 2.43 bits per heavy atom. The van der Waals surface area contributed by atoms with Crippen molar-refractivity contribution in [2.45, 2.75) is 51.0 Å². The van der Waals surface area contributed by atoms with Gasteiger partial charge in [-0.2, -0.15) is 13.9 Å². The van der Waals surface area contributed by atoms with E-state index in [-0.39, 0.29) is 11.0 Å². The summed E-state index contributed by atoms with van der Waals surface area (Å²) in [6.45, 7) is 5.24. The Bertz CT molecular complexity index is 701. The van der Waals surface area contributed by atoms with Gasteiger partial charge in [-0.05, 0) is 57.2 Å². The number of nitrogens with one attached hydrogen (secondary N) is 1. The first-order valence-electron chi connectivity index (χ1n) is 7.44. The van der Waals surface area contributed by atoms with E-state index in [2.05, 4.69) is 4.28 Å². The number of ether oxygens (including phenoxy) is 1. The molecule has 0 saturated heterocycles. The average Bonchev–Trinajstić information content (AvgIpc) is 2.45. The fraction of sp³-hybridized carbons (Fsp3) is 0.438. The lowest BCUT2D eigenvalue weighted by molar-refractivity contribution is 0.0775. The van der Waals surface area contributed by atoms with E-state index in [0.29, 0.717) is 17.5 Å². The maximum Gasteiger partial charge on any atom is 0.433 e. The molecular weight excluding hydrogens is 318 g/mol. The molecule has 1 atom stereocenters. The number of rotatable bonds is 4. The Labute approximate surface area is 136 Å². The second-order valence-corrected chi connectivity index (χ2v) is 7.15. The number of hydroxylamine groups is 1. The Hall–Kier alpha value is -1.86. The third kappa shape index (κ3) is 4.56. The van der Waals surface area contributed by atoms with E-state index in [0.717, 1.165) is 18.4 Å². The van der Waals surface area contributed by atoms with E-state index in [4.69, 9.17) is 4.74 Å². The number of hydrogen-bond acceptors (Lipinski definition) is 5. The van der Waals surface area contributed by atoms with Gasteiger partial charge in [0, 0.05) is 0 Å². The SMILES string of the molecule is Cc1cc(C)c(S(=O)(=O)ONC(=O)OC2C=CCCC2)c(C)c1. The van der Waals surface area contributed by atoms with Crippen molar-refractivity contribution in [2.75, 3.05) is 0 Å². The topological polar surface area (TPSA) is 81.7 Å². The second kappa shape index (κ2) is 7.14. The fourth-order valence-corrected chi connectivity index (χ4v) is 3.90. The molecule has 1 unspecified atom stereocenters. The number of benzene rings is 1. The number of hydrogen-bond donors (Lipinski definition) is 1. The average molecular weight is 339 g/mol. The maximum absolute atomic E-state index is 12.3. The third-order valence-corrected chi connectivity index (χ3v) is 5.00. The van der Waals surface area contributed by atoms with Crippen LogP contribution in [0.3, 0.4) is 0 Å². The van der Waals surface area contributed by atoms with Crippen molar-refractivity contribution < 1.29 is 22.2 Å². The lowest BCUT2D eigenvalue weighted by Crippen LogP contribution is -2.31. The molecule has 0 aromatic heterocycles. The zero-order valence-electron chi connectivity index (χ0n) is 13.5. The van der Waals surface area contributed by atoms with Gasteiger partial charge in [0.1, 0.15) is 11.0 Å². The predicted octanol–water partition coefficient (Wildman–Crippen LogP) is 3.07. The summed E-state index contributed by atoms with van der Waals surface area (Å²) in [7, 11) is -4.10. The molecule has 1 aromatic rings. The van der Waals surface area contributed by atoms with Crippen LogP contribution in [0.5, 0.6) is 0 Å². The first kappa shape index (κ1) is 17.5. The minimum absolute atomic E-state index is 0.0564. The second-order valence-electron chi connectivity index (χ2n) is 5.67. The molecular formula is C16H21NO5S. The van der Waals surface area contributed by atoms with Gasteiger partial charge in [0.05, 0.1) is 0 Å². The quantitative estimate of drug-likeness (QED) is 0.673. The molecule has 0 radical (unpaired) electrons. The van der Waals surface area contributed by atoms with Crippen LogP contribution in [-0.4, -0.2) is 20.6 Å². The van der Waals surface area contributed by atoms with Gasteiger partial charge in [0.2, 0.25) is 0 Å². The van der Waals surface area contributed by atoms with Gasteiger partial charge in [0.25, 0.3) is 0 Å². The van der Waals surface area contributed by atoms with Gasteiger partial charge in [-0.3, -0.25) is 0 Å². The highest BCUT2D eigenvalue weighted by molar-refractivity contribution is 7.86. The van der Waals surface area contributed by atoms with Crippen LogP contribution in [0.25, 0.3) is 0 Å². The van der Waals surface area contributed by atoms with Crippen molar-refractivity contribution in [3.8, 4) is 0 Å². The fourth-order valence-electron chi connectivity index (χ4n) is 2.73. The summed E-state index contributed by atoms with van der Waals surface area (Å²) >= 11 is 0. The highest BCUT2D eigenvalue weighted by atomic mass is 32.2. The van der Waals surface area contributed by atoms with Crippen LogP contribution >= 0.6 is 0 Å². The van der Waals surface area contributed by atoms with Crippen molar-refractivity contribution in [2.24, 2.45) is 0 Å². The van der Waals surface area contributed by atoms with Crippen LogP contribution in [-0.2, 0) is 19.1 Å². The summed E-state index contributed by atoms with van der Waals surface area (Å²) in [6.07, 6.45) is 5.04. The molecule has 1 N–H and O–H groups in total. The number of aryl methyl sites for hydroxylation is 3. The lowest BCUT2D eigenvalue weighted by Gasteiger charge is -2.17. The standard InChI is InChI=1S/C16H21NO5S/c1-11-9-12(2)15(13(3)10-11)23(19,20)22-17-16(18)21-14-7-5-4-6-8-14/h5,7,9-10,14H,4,6,8H2,1-3H3,(H,17,18). The van der Waals surface area contributed by atoms with Crippen LogP contribution in [0.4, 0.5) is 4.79 Å². The van der Waals surface area contributed by atoms with Gasteiger partial charge in [-0.15, -0.1) is 4.28 Å². The Kier molecular flexibility index (Phi) is 5.43. The Morgan fingerprint density at radius 1 is 1.22 bits per heavy atom. The first-order chi connectivity index (χ1) is 10.8. The van der Waals surface area contributed by atoms with Crippen molar-refractivity contribution in [3.05, 3.63) is 41.0 Å². The van der Waals surface area contributed by atoms with Crippen molar-refractivity contribution in [3.63, 3.8) is 0 Å². The molecule has 0 bridgehead atoms. The van der Waals surface area contributed by atoms with Crippen LogP contribution in [0.15, 0.2) is 29.2 Å². The third-order valence-electron chi connectivity index (χ3n) is 3.56. The highest BCUT2D eigenvalue weighted by Crippen LogP contribution is 2.23. The molecule has 1 amide bonds. The van der Waals surface area contributed by atoms with E-state index >= 15 is 0 Å². The van der Waals surface area contributed by atoms with Gasteiger partial charge in [-0.1, -0.05) is 23.8 Å². The van der Waals surface area contributed by atoms with Crippen LogP contribution in [0, 0.1) is 20.8 Å². The molecule has 23 heavy (non-hydrogen) atoms. The van der Waals surface area contributed by atoms with E-state index < -0.39 is 16.2 Å². The molecule has 7 heteroatoms. The molecule has 0 fully saturated rings. The summed E-state index contributed by atoms with van der Waals surface area (Å²) in [4.78, 5) is 11.7. The molecule has 1 aromatic carbocycles. The molecule has 126 valence electrons. The number of carbonyl (C=O) groups excluding carboxylic acids is 1. The van der Waals surface area contributed by atoms with Gasteiger partial charge in [-0.25, -0.2) is 4.79 Å². The van der Waals surface area contributed by atoms with Crippen molar-refractivity contribution in [1.29, 1.82) is 0 Å². The van der Waals surface area contributed by atoms with E-state index in [1.54, 1.807) is 32.1 Å². The summed E-state index contributed by atoms with van der Waals surface area (Å²) < 4.78 is 34.3. The number of amides is 1. The zero-order chi connectivity index (χ0) is 17.0. The van der Waals surface area contributed by atoms with E-state index in [1.807, 2.05) is 18.5 Å². The number of carbonyl (C=O) groups is 1. The summed E-state index contributed by atoms with van der Waals surface area (Å²) in [5.74, 6) is 0. The summed E-state index contributed by atoms with van der Waals surface area (Å²) in [6, 6.07) is 3.49.